The highest BCUT2D eigenvalue weighted by Gasteiger charge is 2.08. The molecule has 3 nitrogen and oxygen atoms in total. The van der Waals surface area contributed by atoms with E-state index in [1.54, 1.807) is 0 Å². The van der Waals surface area contributed by atoms with E-state index in [1.807, 2.05) is 30.3 Å². The van der Waals surface area contributed by atoms with Gasteiger partial charge in [-0.15, -0.1) is 0 Å². The molecular weight excluding hydrogens is 270 g/mol. The summed E-state index contributed by atoms with van der Waals surface area (Å²) in [6, 6.07) is 9.61. The van der Waals surface area contributed by atoms with Crippen LogP contribution in [0.25, 0.3) is 0 Å². The van der Waals surface area contributed by atoms with Gasteiger partial charge in [0.1, 0.15) is 6.61 Å². The molecule has 0 spiro atoms. The Morgan fingerprint density at radius 2 is 2.12 bits per heavy atom. The van der Waals surface area contributed by atoms with Crippen molar-refractivity contribution in [3.05, 3.63) is 35.9 Å². The molecule has 0 aliphatic carbocycles. The second-order valence-corrected chi connectivity index (χ2v) is 4.57. The number of hydrogen-bond acceptors (Lipinski definition) is 2. The number of alkyl halides is 1. The van der Waals surface area contributed by atoms with Crippen molar-refractivity contribution in [1.29, 1.82) is 0 Å². The molecule has 1 amide bonds. The molecule has 1 rings (SSSR count). The summed E-state index contributed by atoms with van der Waals surface area (Å²) in [6.07, 6.45) is 1.51. The van der Waals surface area contributed by atoms with E-state index in [4.69, 9.17) is 4.74 Å². The average Bonchev–Trinajstić information content (AvgIpc) is 2.28. The summed E-state index contributed by atoms with van der Waals surface area (Å²) >= 11 is 3.35. The molecule has 0 aliphatic rings. The average molecular weight is 286 g/mol. The number of rotatable bonds is 5. The second kappa shape index (κ2) is 7.28. The molecule has 4 heteroatoms. The first-order valence-electron chi connectivity index (χ1n) is 5.33. The Morgan fingerprint density at radius 3 is 2.75 bits per heavy atom. The van der Waals surface area contributed by atoms with Crippen LogP contribution in [0, 0.1) is 0 Å². The van der Waals surface area contributed by atoms with E-state index >= 15 is 0 Å². The van der Waals surface area contributed by atoms with Gasteiger partial charge in [-0.2, -0.15) is 0 Å². The Morgan fingerprint density at radius 1 is 1.44 bits per heavy atom. The van der Waals surface area contributed by atoms with Gasteiger partial charge in [0.15, 0.2) is 0 Å². The first-order valence-corrected chi connectivity index (χ1v) is 6.25. The lowest BCUT2D eigenvalue weighted by Gasteiger charge is -2.11. The minimum atomic E-state index is -0.390. The highest BCUT2D eigenvalue weighted by molar-refractivity contribution is 9.09. The summed E-state index contributed by atoms with van der Waals surface area (Å²) in [7, 11) is 0. The summed E-state index contributed by atoms with van der Waals surface area (Å²) in [5.74, 6) is 0. The molecule has 1 N–H and O–H groups in total. The van der Waals surface area contributed by atoms with Gasteiger partial charge in [-0.25, -0.2) is 4.79 Å². The predicted octanol–water partition coefficient (Wildman–Crippen LogP) is 3.43. The highest BCUT2D eigenvalue weighted by Crippen LogP contribution is 2.05. The minimum absolute atomic E-state index is 0.0132. The fraction of sp³-hybridized carbons (Fsp3) is 0.417. The molecule has 0 radical (unpaired) electrons. The van der Waals surface area contributed by atoms with Gasteiger partial charge in [0.05, 0.1) is 4.95 Å². The van der Waals surface area contributed by atoms with Gasteiger partial charge >= 0.3 is 6.09 Å². The Kier molecular flexibility index (Phi) is 5.93. The van der Waals surface area contributed by atoms with Crippen LogP contribution in [0.1, 0.15) is 25.3 Å². The second-order valence-electron chi connectivity index (χ2n) is 3.46. The molecule has 1 aromatic carbocycles. The van der Waals surface area contributed by atoms with Crippen LogP contribution in [0.15, 0.2) is 30.3 Å². The van der Waals surface area contributed by atoms with Crippen molar-refractivity contribution in [2.45, 2.75) is 31.3 Å². The summed E-state index contributed by atoms with van der Waals surface area (Å²) in [5, 5.41) is 2.71. The Labute approximate surface area is 104 Å². The quantitative estimate of drug-likeness (QED) is 0.665. The van der Waals surface area contributed by atoms with Crippen molar-refractivity contribution < 1.29 is 9.53 Å². The van der Waals surface area contributed by atoms with Gasteiger partial charge in [0.2, 0.25) is 0 Å². The molecule has 0 saturated carbocycles. The lowest BCUT2D eigenvalue weighted by atomic mass is 10.2. The van der Waals surface area contributed by atoms with Gasteiger partial charge < -0.3 is 10.1 Å². The summed E-state index contributed by atoms with van der Waals surface area (Å²) in [4.78, 5) is 11.3. The van der Waals surface area contributed by atoms with Crippen LogP contribution in [0.2, 0.25) is 0 Å². The number of carbonyl (C=O) groups is 1. The fourth-order valence-corrected chi connectivity index (χ4v) is 1.86. The topological polar surface area (TPSA) is 38.3 Å². The molecule has 1 atom stereocenters. The fourth-order valence-electron chi connectivity index (χ4n) is 1.22. The molecule has 0 heterocycles. The number of nitrogens with one attached hydrogen (secondary N) is 1. The standard InChI is InChI=1S/C12H16BrNO2/c1-2-6-11(13)14-12(15)16-9-10-7-4-3-5-8-10/h3-5,7-8,11H,2,6,9H2,1H3,(H,14,15). The van der Waals surface area contributed by atoms with Gasteiger partial charge in [0.25, 0.3) is 0 Å². The van der Waals surface area contributed by atoms with Gasteiger partial charge in [0, 0.05) is 0 Å². The first kappa shape index (κ1) is 13.0. The molecule has 1 aromatic rings. The number of hydrogen-bond donors (Lipinski definition) is 1. The van der Waals surface area contributed by atoms with Crippen LogP contribution in [-0.4, -0.2) is 11.0 Å². The third-order valence-electron chi connectivity index (χ3n) is 2.03. The zero-order valence-corrected chi connectivity index (χ0v) is 10.9. The van der Waals surface area contributed by atoms with Gasteiger partial charge in [-0.1, -0.05) is 59.6 Å². The van der Waals surface area contributed by atoms with Crippen LogP contribution in [0.3, 0.4) is 0 Å². The van der Waals surface area contributed by atoms with E-state index in [0.717, 1.165) is 18.4 Å². The van der Waals surface area contributed by atoms with E-state index in [9.17, 15) is 4.79 Å². The maximum Gasteiger partial charge on any atom is 0.408 e. The molecule has 1 unspecified atom stereocenters. The zero-order valence-electron chi connectivity index (χ0n) is 9.28. The monoisotopic (exact) mass is 285 g/mol. The number of carbonyl (C=O) groups excluding carboxylic acids is 1. The smallest absolute Gasteiger partial charge is 0.408 e. The number of ether oxygens (including phenoxy) is 1. The molecule has 0 fully saturated rings. The van der Waals surface area contributed by atoms with E-state index in [2.05, 4.69) is 28.2 Å². The van der Waals surface area contributed by atoms with E-state index in [0.29, 0.717) is 6.61 Å². The summed E-state index contributed by atoms with van der Waals surface area (Å²) in [6.45, 7) is 2.36. The zero-order chi connectivity index (χ0) is 11.8. The predicted molar refractivity (Wildman–Crippen MR) is 67.4 cm³/mol. The molecule has 0 saturated heterocycles. The molecule has 0 aliphatic heterocycles. The maximum atomic E-state index is 11.3. The van der Waals surface area contributed by atoms with Crippen LogP contribution in [-0.2, 0) is 11.3 Å². The third-order valence-corrected chi connectivity index (χ3v) is 2.72. The molecule has 16 heavy (non-hydrogen) atoms. The van der Waals surface area contributed by atoms with Gasteiger partial charge in [-0.3, -0.25) is 0 Å². The van der Waals surface area contributed by atoms with Crippen molar-refractivity contribution >= 4 is 22.0 Å². The molecule has 88 valence electrons. The Balaban J connectivity index is 2.25. The van der Waals surface area contributed by atoms with Crippen molar-refractivity contribution in [2.75, 3.05) is 0 Å². The number of benzene rings is 1. The molecular formula is C12H16BrNO2. The third kappa shape index (κ3) is 5.16. The normalized spacial score (nSPS) is 11.9. The number of halogens is 1. The highest BCUT2D eigenvalue weighted by atomic mass is 79.9. The lowest BCUT2D eigenvalue weighted by molar-refractivity contribution is 0.138. The maximum absolute atomic E-state index is 11.3. The summed E-state index contributed by atoms with van der Waals surface area (Å²) in [5.41, 5.74) is 0.985. The SMILES string of the molecule is CCCC(Br)NC(=O)OCc1ccccc1. The largest absolute Gasteiger partial charge is 0.445 e. The minimum Gasteiger partial charge on any atom is -0.445 e. The van der Waals surface area contributed by atoms with E-state index in [1.165, 1.54) is 0 Å². The molecule has 0 aromatic heterocycles. The number of amides is 1. The van der Waals surface area contributed by atoms with Crippen molar-refractivity contribution in [3.63, 3.8) is 0 Å². The molecule has 0 bridgehead atoms. The number of alkyl carbamates (subject to hydrolysis) is 1. The first-order chi connectivity index (χ1) is 7.72. The van der Waals surface area contributed by atoms with Crippen LogP contribution in [0.5, 0.6) is 0 Å². The van der Waals surface area contributed by atoms with E-state index < -0.39 is 0 Å². The van der Waals surface area contributed by atoms with Crippen molar-refractivity contribution in [2.24, 2.45) is 0 Å². The van der Waals surface area contributed by atoms with Crippen LogP contribution in [0.4, 0.5) is 4.79 Å². The lowest BCUT2D eigenvalue weighted by Crippen LogP contribution is -2.30. The van der Waals surface area contributed by atoms with Gasteiger partial charge in [-0.05, 0) is 12.0 Å². The summed E-state index contributed by atoms with van der Waals surface area (Å²) < 4.78 is 5.07. The van der Waals surface area contributed by atoms with Crippen LogP contribution < -0.4 is 5.32 Å². The Hall–Kier alpha value is -1.03. The van der Waals surface area contributed by atoms with Crippen molar-refractivity contribution in [3.8, 4) is 0 Å². The van der Waals surface area contributed by atoms with Crippen LogP contribution >= 0.6 is 15.9 Å². The van der Waals surface area contributed by atoms with E-state index in [-0.39, 0.29) is 11.0 Å². The Bertz CT molecular complexity index is 316. The van der Waals surface area contributed by atoms with Crippen molar-refractivity contribution in [1.82, 2.24) is 5.32 Å².